The number of furan rings is 2. The highest BCUT2D eigenvalue weighted by molar-refractivity contribution is 6.26. The van der Waals surface area contributed by atoms with Crippen molar-refractivity contribution in [2.24, 2.45) is 0 Å². The molecule has 12 aromatic carbocycles. The molecule has 0 saturated heterocycles. The van der Waals surface area contributed by atoms with E-state index in [1.165, 1.54) is 44.5 Å². The number of para-hydroxylation sites is 2. The van der Waals surface area contributed by atoms with Crippen molar-refractivity contribution in [3.63, 3.8) is 0 Å². The lowest BCUT2D eigenvalue weighted by Gasteiger charge is -2.37. The van der Waals surface area contributed by atoms with Crippen LogP contribution in [-0.2, 0) is 32.5 Å². The Balaban J connectivity index is 1.13. The number of aryl methyl sites for hydroxylation is 4. The molecule has 512 valence electrons. The number of benzene rings is 12. The first-order valence-electron chi connectivity index (χ1n) is 36.5. The van der Waals surface area contributed by atoms with E-state index in [0.29, 0.717) is 0 Å². The van der Waals surface area contributed by atoms with E-state index in [4.69, 9.17) is 8.83 Å². The highest BCUT2D eigenvalue weighted by Crippen LogP contribution is 2.65. The molecule has 0 radical (unpaired) electrons. The Bertz CT molecular complexity index is 5480. The molecule has 5 heteroatoms. The molecular formula is C97H97N3O2. The number of anilines is 9. The predicted molar refractivity (Wildman–Crippen MR) is 435 cm³/mol. The first-order chi connectivity index (χ1) is 48.4. The van der Waals surface area contributed by atoms with Gasteiger partial charge in [-0.15, -0.1) is 0 Å². The zero-order chi connectivity index (χ0) is 71.9. The summed E-state index contributed by atoms with van der Waals surface area (Å²) in [5, 5.41) is 4.15. The van der Waals surface area contributed by atoms with E-state index in [-0.39, 0.29) is 27.1 Å². The van der Waals surface area contributed by atoms with Crippen LogP contribution in [0.15, 0.2) is 251 Å². The van der Waals surface area contributed by atoms with Crippen LogP contribution in [0.1, 0.15) is 176 Å². The standard InChI is InChI=1S/C97H97N3O2/c1-60-28-54-80(62(3)56-60)99(74-48-38-67(39-49-74)95(14,15)16)82-58-79-89(91-86(82)76-24-20-22-26-84(76)102-91)88-78(59-83(90-87(88)77-25-21-23-27-85(77)101-90)100(81-55-29-61(2)57-63(81)4)75-50-40-68(41-51-75)96(17,18)19)97(79,69-32-30-64(31-33-69)92(5,6)7)70-42-52-73(53-43-70)98(71-44-34-65(35-45-71)93(8,9)10)72-46-36-66(37-47-72)94(11,12)13/h20-59H,1-19H3. The first kappa shape index (κ1) is 67.5. The summed E-state index contributed by atoms with van der Waals surface area (Å²) in [5.74, 6) is 0. The van der Waals surface area contributed by atoms with Gasteiger partial charge in [0.25, 0.3) is 0 Å². The number of hydrogen-bond donors (Lipinski definition) is 0. The fourth-order valence-corrected chi connectivity index (χ4v) is 16.0. The molecule has 0 bridgehead atoms. The van der Waals surface area contributed by atoms with E-state index >= 15 is 0 Å². The number of hydrogen-bond acceptors (Lipinski definition) is 5. The normalized spacial score (nSPS) is 14.3. The van der Waals surface area contributed by atoms with Crippen LogP contribution < -0.4 is 14.7 Å². The molecule has 0 saturated carbocycles. The highest BCUT2D eigenvalue weighted by Gasteiger charge is 2.51. The van der Waals surface area contributed by atoms with Gasteiger partial charge in [0.05, 0.1) is 22.2 Å². The van der Waals surface area contributed by atoms with Gasteiger partial charge in [-0.05, 0) is 213 Å². The van der Waals surface area contributed by atoms with Crippen LogP contribution in [0.5, 0.6) is 0 Å². The lowest BCUT2D eigenvalue weighted by molar-refractivity contribution is 0.589. The van der Waals surface area contributed by atoms with Gasteiger partial charge >= 0.3 is 0 Å². The Morgan fingerprint density at radius 2 is 0.588 bits per heavy atom. The minimum absolute atomic E-state index is 0.0195. The third kappa shape index (κ3) is 11.5. The van der Waals surface area contributed by atoms with Crippen molar-refractivity contribution in [2.45, 2.75) is 164 Å². The van der Waals surface area contributed by atoms with Crippen LogP contribution in [0.25, 0.3) is 55.0 Å². The maximum absolute atomic E-state index is 7.81. The summed E-state index contributed by atoms with van der Waals surface area (Å²) in [6, 6.07) is 92.4. The third-order valence-electron chi connectivity index (χ3n) is 21.7. The van der Waals surface area contributed by atoms with Crippen LogP contribution in [-0.4, -0.2) is 0 Å². The summed E-state index contributed by atoms with van der Waals surface area (Å²) >= 11 is 0. The van der Waals surface area contributed by atoms with E-state index in [1.54, 1.807) is 0 Å². The number of rotatable bonds is 11. The monoisotopic (exact) mass is 1340 g/mol. The Labute approximate surface area is 605 Å². The van der Waals surface area contributed by atoms with E-state index in [9.17, 15) is 0 Å². The molecule has 102 heavy (non-hydrogen) atoms. The predicted octanol–water partition coefficient (Wildman–Crippen LogP) is 28.0. The van der Waals surface area contributed by atoms with Gasteiger partial charge in [0.15, 0.2) is 5.58 Å². The Morgan fingerprint density at radius 1 is 0.275 bits per heavy atom. The first-order valence-corrected chi connectivity index (χ1v) is 36.5. The van der Waals surface area contributed by atoms with Gasteiger partial charge in [-0.25, -0.2) is 0 Å². The fraction of sp³-hybridized carbons (Fsp3) is 0.258. The van der Waals surface area contributed by atoms with Gasteiger partial charge < -0.3 is 23.5 Å². The summed E-state index contributed by atoms with van der Waals surface area (Å²) in [6.07, 6.45) is 0. The average Bonchev–Trinajstić information content (AvgIpc) is 1.50. The Hall–Kier alpha value is -10.4. The Morgan fingerprint density at radius 3 is 0.980 bits per heavy atom. The van der Waals surface area contributed by atoms with E-state index in [1.807, 2.05) is 0 Å². The third-order valence-corrected chi connectivity index (χ3v) is 21.7. The van der Waals surface area contributed by atoms with Gasteiger partial charge in [-0.2, -0.15) is 0 Å². The van der Waals surface area contributed by atoms with Crippen molar-refractivity contribution < 1.29 is 8.83 Å². The molecule has 0 amide bonds. The van der Waals surface area contributed by atoms with Crippen LogP contribution in [0.2, 0.25) is 0 Å². The summed E-state index contributed by atoms with van der Waals surface area (Å²) in [4.78, 5) is 7.43. The van der Waals surface area contributed by atoms with Crippen molar-refractivity contribution in [1.82, 2.24) is 0 Å². The van der Waals surface area contributed by atoms with E-state index in [0.717, 1.165) is 134 Å². The SMILES string of the molecule is Cc1ccc(N(c2ccc(C(C)(C)C)cc2)c2cc3c(c4c2oc2ccccc24)-c2c(cc(N(c4ccc(C(C)(C)C)cc4)c4ccc(C)cc4C)c4c2oc2ccccc24)C3(c2ccc(N(c3ccc(C(C)(C)C)cc3)c3ccc(C(C)(C)C)cc3)cc2)c2ccc(C(C)(C)C)cc2)c(C)c1. The van der Waals surface area contributed by atoms with Crippen molar-refractivity contribution in [2.75, 3.05) is 14.7 Å². The van der Waals surface area contributed by atoms with E-state index < -0.39 is 5.41 Å². The van der Waals surface area contributed by atoms with Gasteiger partial charge in [-0.3, -0.25) is 0 Å². The fourth-order valence-electron chi connectivity index (χ4n) is 16.0. The average molecular weight is 1340 g/mol. The minimum Gasteiger partial charge on any atom is -0.455 e. The molecule has 1 aliphatic rings. The van der Waals surface area contributed by atoms with Crippen LogP contribution >= 0.6 is 0 Å². The lowest BCUT2D eigenvalue weighted by atomic mass is 9.67. The van der Waals surface area contributed by atoms with Gasteiger partial charge in [0.2, 0.25) is 0 Å². The van der Waals surface area contributed by atoms with Crippen LogP contribution in [0.3, 0.4) is 0 Å². The smallest absolute Gasteiger partial charge is 0.160 e. The topological polar surface area (TPSA) is 36.0 Å². The second-order valence-electron chi connectivity index (χ2n) is 34.1. The molecule has 1 unspecified atom stereocenters. The quantitative estimate of drug-likeness (QED) is 0.129. The minimum atomic E-state index is -1.05. The molecule has 0 fully saturated rings. The molecule has 2 aromatic heterocycles. The lowest BCUT2D eigenvalue weighted by Crippen LogP contribution is -2.29. The molecule has 5 nitrogen and oxygen atoms in total. The van der Waals surface area contributed by atoms with E-state index in [2.05, 4.69) is 389 Å². The van der Waals surface area contributed by atoms with Crippen molar-refractivity contribution >= 4 is 95.1 Å². The largest absolute Gasteiger partial charge is 0.455 e. The molecule has 0 aliphatic heterocycles. The molecule has 0 N–H and O–H groups in total. The van der Waals surface area contributed by atoms with Gasteiger partial charge in [0, 0.05) is 67.1 Å². The number of nitrogens with zero attached hydrogens (tertiary/aromatic N) is 3. The maximum atomic E-state index is 7.81. The number of fused-ring (bicyclic) bond motifs is 11. The highest BCUT2D eigenvalue weighted by atomic mass is 16.3. The van der Waals surface area contributed by atoms with Crippen molar-refractivity contribution in [3.8, 4) is 11.1 Å². The second kappa shape index (κ2) is 24.4. The molecular weight excluding hydrogens is 1240 g/mol. The van der Waals surface area contributed by atoms with Crippen molar-refractivity contribution in [1.29, 1.82) is 0 Å². The summed E-state index contributed by atoms with van der Waals surface area (Å²) in [7, 11) is 0. The molecule has 1 aliphatic carbocycles. The zero-order valence-electron chi connectivity index (χ0n) is 63.3. The molecule has 15 rings (SSSR count). The zero-order valence-corrected chi connectivity index (χ0v) is 63.3. The van der Waals surface area contributed by atoms with Crippen LogP contribution in [0.4, 0.5) is 51.2 Å². The van der Waals surface area contributed by atoms with Crippen molar-refractivity contribution in [3.05, 3.63) is 315 Å². The molecule has 2 heterocycles. The summed E-state index contributed by atoms with van der Waals surface area (Å²) in [5.41, 5.74) is 29.0. The summed E-state index contributed by atoms with van der Waals surface area (Å²) in [6.45, 7) is 43.3. The van der Waals surface area contributed by atoms with Gasteiger partial charge in [0.1, 0.15) is 16.7 Å². The molecule has 0 spiro atoms. The summed E-state index contributed by atoms with van der Waals surface area (Å²) < 4.78 is 15.4. The second-order valence-corrected chi connectivity index (χ2v) is 34.1. The maximum Gasteiger partial charge on any atom is 0.160 e. The molecule has 14 aromatic rings. The van der Waals surface area contributed by atoms with Gasteiger partial charge in [-0.1, -0.05) is 261 Å². The molecule has 1 atom stereocenters. The Kier molecular flexibility index (Phi) is 16.2. The van der Waals surface area contributed by atoms with Crippen LogP contribution in [0, 0.1) is 27.7 Å².